The number of nitrogens with zero attached hydrogens (tertiary/aromatic N) is 2. The van der Waals surface area contributed by atoms with Crippen molar-refractivity contribution in [1.29, 1.82) is 5.26 Å². The van der Waals surface area contributed by atoms with Crippen LogP contribution in [0.3, 0.4) is 0 Å². The molecule has 0 N–H and O–H groups in total. The van der Waals surface area contributed by atoms with Crippen molar-refractivity contribution >= 4 is 34.7 Å². The van der Waals surface area contributed by atoms with Gasteiger partial charge in [0.05, 0.1) is 11.1 Å². The van der Waals surface area contributed by atoms with Gasteiger partial charge in [0.2, 0.25) is 0 Å². The lowest BCUT2D eigenvalue weighted by Crippen LogP contribution is -2.22. The highest BCUT2D eigenvalue weighted by molar-refractivity contribution is 7.09. The van der Waals surface area contributed by atoms with E-state index in [1.807, 2.05) is 6.07 Å². The molecule has 0 bridgehead atoms. The molecule has 0 aliphatic heterocycles. The van der Waals surface area contributed by atoms with Crippen molar-refractivity contribution in [2.75, 3.05) is 13.2 Å². The van der Waals surface area contributed by atoms with Gasteiger partial charge in [-0.2, -0.15) is 5.26 Å². The van der Waals surface area contributed by atoms with Crippen LogP contribution in [0, 0.1) is 18.3 Å². The van der Waals surface area contributed by atoms with Crippen molar-refractivity contribution in [1.82, 2.24) is 4.98 Å². The number of hydrogen-bond donors (Lipinski definition) is 0. The molecule has 124 valence electrons. The number of halogens is 1. The standard InChI is InChI=1S/C16H13ClN2O4S/c1-10-9-24-16(19-10)11(6-18)13(20)7-23-15(21)8-22-14-5-3-2-4-12(14)17/h2-5,9,11H,7-8H2,1H3/t11-/m0/s1. The molecule has 1 heterocycles. The van der Waals surface area contributed by atoms with Crippen molar-refractivity contribution in [2.24, 2.45) is 0 Å². The van der Waals surface area contributed by atoms with Crippen LogP contribution in [-0.2, 0) is 14.3 Å². The fraction of sp³-hybridized carbons (Fsp3) is 0.250. The van der Waals surface area contributed by atoms with Gasteiger partial charge < -0.3 is 9.47 Å². The molecule has 0 fully saturated rings. The summed E-state index contributed by atoms with van der Waals surface area (Å²) in [5.41, 5.74) is 0.730. The van der Waals surface area contributed by atoms with Gasteiger partial charge in [-0.05, 0) is 19.1 Å². The number of aryl methyl sites for hydroxylation is 1. The third kappa shape index (κ3) is 4.78. The molecule has 1 aromatic heterocycles. The van der Waals surface area contributed by atoms with Crippen LogP contribution in [-0.4, -0.2) is 30.0 Å². The maximum atomic E-state index is 12.0. The maximum absolute atomic E-state index is 12.0. The van der Waals surface area contributed by atoms with Crippen molar-refractivity contribution in [3.8, 4) is 11.8 Å². The Morgan fingerprint density at radius 2 is 2.12 bits per heavy atom. The Hall–Kier alpha value is -2.43. The van der Waals surface area contributed by atoms with Gasteiger partial charge in [0.25, 0.3) is 0 Å². The van der Waals surface area contributed by atoms with Crippen molar-refractivity contribution < 1.29 is 19.1 Å². The molecule has 24 heavy (non-hydrogen) atoms. The number of carbonyl (C=O) groups is 2. The van der Waals surface area contributed by atoms with Crippen LogP contribution in [0.5, 0.6) is 5.75 Å². The van der Waals surface area contributed by atoms with Crippen LogP contribution in [0.2, 0.25) is 5.02 Å². The first kappa shape index (κ1) is 17.9. The fourth-order valence-corrected chi connectivity index (χ4v) is 2.80. The maximum Gasteiger partial charge on any atom is 0.344 e. The smallest absolute Gasteiger partial charge is 0.344 e. The molecule has 6 nitrogen and oxygen atoms in total. The highest BCUT2D eigenvalue weighted by Crippen LogP contribution is 2.23. The SMILES string of the molecule is Cc1csc([C@@H](C#N)C(=O)COC(=O)COc2ccccc2Cl)n1. The monoisotopic (exact) mass is 364 g/mol. The molecule has 0 saturated carbocycles. The van der Waals surface area contributed by atoms with E-state index >= 15 is 0 Å². The zero-order valence-electron chi connectivity index (χ0n) is 12.7. The molecular formula is C16H13ClN2O4S. The molecule has 0 aliphatic carbocycles. The molecule has 1 aromatic carbocycles. The quantitative estimate of drug-likeness (QED) is 0.702. The van der Waals surface area contributed by atoms with Crippen molar-refractivity contribution in [3.63, 3.8) is 0 Å². The topological polar surface area (TPSA) is 89.3 Å². The molecular weight excluding hydrogens is 352 g/mol. The lowest BCUT2D eigenvalue weighted by Gasteiger charge is -2.09. The second-order valence-electron chi connectivity index (χ2n) is 4.74. The lowest BCUT2D eigenvalue weighted by molar-refractivity contribution is -0.150. The molecule has 0 amide bonds. The largest absolute Gasteiger partial charge is 0.480 e. The Balaban J connectivity index is 1.83. The van der Waals surface area contributed by atoms with E-state index in [-0.39, 0.29) is 6.61 Å². The summed E-state index contributed by atoms with van der Waals surface area (Å²) < 4.78 is 10.1. The molecule has 0 radical (unpaired) electrons. The van der Waals surface area contributed by atoms with E-state index in [0.29, 0.717) is 15.8 Å². The van der Waals surface area contributed by atoms with E-state index < -0.39 is 24.3 Å². The number of ether oxygens (including phenoxy) is 2. The Morgan fingerprint density at radius 1 is 1.38 bits per heavy atom. The number of Topliss-reactive ketones (excluding diaryl/α,β-unsaturated/α-hetero) is 1. The summed E-state index contributed by atoms with van der Waals surface area (Å²) in [5, 5.41) is 11.6. The van der Waals surface area contributed by atoms with E-state index in [1.54, 1.807) is 36.6 Å². The van der Waals surface area contributed by atoms with Gasteiger partial charge in [0.15, 0.2) is 24.9 Å². The Labute approximate surface area is 147 Å². The zero-order valence-corrected chi connectivity index (χ0v) is 14.3. The molecule has 0 unspecified atom stereocenters. The predicted molar refractivity (Wildman–Crippen MR) is 88.1 cm³/mol. The van der Waals surface area contributed by atoms with Crippen LogP contribution in [0.25, 0.3) is 0 Å². The third-order valence-corrected chi connectivity index (χ3v) is 4.23. The first-order chi connectivity index (χ1) is 11.5. The molecule has 0 aliphatic rings. The minimum Gasteiger partial charge on any atom is -0.480 e. The van der Waals surface area contributed by atoms with Gasteiger partial charge in [-0.1, -0.05) is 23.7 Å². The van der Waals surface area contributed by atoms with Gasteiger partial charge in [-0.25, -0.2) is 9.78 Å². The van der Waals surface area contributed by atoms with E-state index in [1.165, 1.54) is 11.3 Å². The number of esters is 1. The highest BCUT2D eigenvalue weighted by Gasteiger charge is 2.24. The van der Waals surface area contributed by atoms with Crippen LogP contribution in [0.1, 0.15) is 16.6 Å². The van der Waals surface area contributed by atoms with Gasteiger partial charge in [0, 0.05) is 11.1 Å². The second kappa shape index (κ2) is 8.43. The third-order valence-electron chi connectivity index (χ3n) is 2.89. The summed E-state index contributed by atoms with van der Waals surface area (Å²) in [6, 6.07) is 8.55. The van der Waals surface area contributed by atoms with Gasteiger partial charge >= 0.3 is 5.97 Å². The number of nitriles is 1. The van der Waals surface area contributed by atoms with Crippen LogP contribution >= 0.6 is 22.9 Å². The minimum absolute atomic E-state index is 0.343. The Kier molecular flexibility index (Phi) is 6.29. The van der Waals surface area contributed by atoms with E-state index in [9.17, 15) is 9.59 Å². The number of rotatable bonds is 7. The van der Waals surface area contributed by atoms with Gasteiger partial charge in [-0.15, -0.1) is 11.3 Å². The molecule has 2 aromatic rings. The number of aromatic nitrogens is 1. The van der Waals surface area contributed by atoms with Crippen LogP contribution in [0.15, 0.2) is 29.6 Å². The summed E-state index contributed by atoms with van der Waals surface area (Å²) in [6.07, 6.45) is 0. The number of para-hydroxylation sites is 1. The van der Waals surface area contributed by atoms with Gasteiger partial charge in [0.1, 0.15) is 10.8 Å². The molecule has 0 saturated heterocycles. The summed E-state index contributed by atoms with van der Waals surface area (Å²) in [6.45, 7) is 0.872. The first-order valence-corrected chi connectivity index (χ1v) is 8.14. The second-order valence-corrected chi connectivity index (χ2v) is 6.03. The number of benzene rings is 1. The fourth-order valence-electron chi connectivity index (χ4n) is 1.74. The molecule has 2 rings (SSSR count). The summed E-state index contributed by atoms with van der Waals surface area (Å²) in [4.78, 5) is 27.8. The predicted octanol–water partition coefficient (Wildman–Crippen LogP) is 2.90. The normalized spacial score (nSPS) is 11.4. The van der Waals surface area contributed by atoms with E-state index in [0.717, 1.165) is 5.69 Å². The Morgan fingerprint density at radius 3 is 2.75 bits per heavy atom. The minimum atomic E-state index is -1.04. The van der Waals surface area contributed by atoms with Crippen molar-refractivity contribution in [2.45, 2.75) is 12.8 Å². The van der Waals surface area contributed by atoms with E-state index in [4.69, 9.17) is 26.3 Å². The lowest BCUT2D eigenvalue weighted by atomic mass is 10.1. The highest BCUT2D eigenvalue weighted by atomic mass is 35.5. The van der Waals surface area contributed by atoms with Crippen LogP contribution < -0.4 is 4.74 Å². The van der Waals surface area contributed by atoms with Gasteiger partial charge in [-0.3, -0.25) is 4.79 Å². The summed E-state index contributed by atoms with van der Waals surface area (Å²) >= 11 is 7.11. The number of thiazole rings is 1. The first-order valence-electron chi connectivity index (χ1n) is 6.88. The number of carbonyl (C=O) groups excluding carboxylic acids is 2. The molecule has 0 spiro atoms. The molecule has 1 atom stereocenters. The zero-order chi connectivity index (χ0) is 17.5. The van der Waals surface area contributed by atoms with E-state index in [2.05, 4.69) is 4.98 Å². The number of ketones is 1. The summed E-state index contributed by atoms with van der Waals surface area (Å²) in [5.74, 6) is -1.95. The van der Waals surface area contributed by atoms with Crippen molar-refractivity contribution in [3.05, 3.63) is 45.4 Å². The van der Waals surface area contributed by atoms with Crippen LogP contribution in [0.4, 0.5) is 0 Å². The average molecular weight is 365 g/mol. The summed E-state index contributed by atoms with van der Waals surface area (Å²) in [7, 11) is 0. The average Bonchev–Trinajstić information content (AvgIpc) is 2.99. The molecule has 8 heteroatoms. The Bertz CT molecular complexity index is 784. The number of hydrogen-bond acceptors (Lipinski definition) is 7.